The van der Waals surface area contributed by atoms with Crippen LogP contribution in [-0.2, 0) is 57.3 Å². The molecule has 0 aliphatic heterocycles. The van der Waals surface area contributed by atoms with Crippen LogP contribution < -0.4 is 42.5 Å². The Morgan fingerprint density at radius 2 is 0.902 bits per heavy atom. The molecule has 0 fully saturated rings. The average Bonchev–Trinajstić information content (AvgIpc) is 3.18. The van der Waals surface area contributed by atoms with Crippen molar-refractivity contribution in [1.29, 1.82) is 0 Å². The molecule has 0 saturated heterocycles. The number of amides is 8. The van der Waals surface area contributed by atoms with Gasteiger partial charge in [-0.05, 0) is 51.9 Å². The zero-order valence-corrected chi connectivity index (χ0v) is 37.8. The third-order valence-corrected chi connectivity index (χ3v) is 8.38. The fraction of sp³-hybridized carbons (Fsp3) is 0.756. The highest BCUT2D eigenvalue weighted by atomic mass is 16.5. The number of ether oxygens (including phenoxy) is 4. The number of nitrogens with one attached hydrogen (secondary N) is 8. The van der Waals surface area contributed by atoms with Crippen molar-refractivity contribution in [2.24, 2.45) is 17.8 Å². The van der Waals surface area contributed by atoms with E-state index >= 15 is 0 Å². The molecule has 61 heavy (non-hydrogen) atoms. The van der Waals surface area contributed by atoms with E-state index in [1.54, 1.807) is 20.8 Å². The predicted molar refractivity (Wildman–Crippen MR) is 228 cm³/mol. The maximum atomic E-state index is 13.3. The highest BCUT2D eigenvalue weighted by molar-refractivity contribution is 5.95. The molecule has 4 atom stereocenters. The second-order valence-corrected chi connectivity index (χ2v) is 15.7. The van der Waals surface area contributed by atoms with Crippen LogP contribution in [0.3, 0.4) is 0 Å². The second-order valence-electron chi connectivity index (χ2n) is 15.7. The van der Waals surface area contributed by atoms with Crippen LogP contribution in [-0.4, -0.2) is 150 Å². The minimum Gasteiger partial charge on any atom is -0.377 e. The maximum Gasteiger partial charge on any atom is 0.246 e. The first-order chi connectivity index (χ1) is 28.7. The quantitative estimate of drug-likeness (QED) is 0.0292. The van der Waals surface area contributed by atoms with Gasteiger partial charge >= 0.3 is 0 Å². The molecule has 8 N–H and O–H groups in total. The third-order valence-electron chi connectivity index (χ3n) is 8.38. The summed E-state index contributed by atoms with van der Waals surface area (Å²) in [5, 5.41) is 21.4. The van der Waals surface area contributed by atoms with Gasteiger partial charge in [-0.25, -0.2) is 0 Å². The van der Waals surface area contributed by atoms with Crippen molar-refractivity contribution in [3.8, 4) is 0 Å². The molecule has 0 aromatic heterocycles. The molecule has 0 bridgehead atoms. The van der Waals surface area contributed by atoms with Gasteiger partial charge in [0.2, 0.25) is 47.3 Å². The van der Waals surface area contributed by atoms with Crippen LogP contribution in [0.15, 0.2) is 12.2 Å². The summed E-state index contributed by atoms with van der Waals surface area (Å²) in [4.78, 5) is 99.8. The van der Waals surface area contributed by atoms with Gasteiger partial charge in [-0.15, -0.1) is 0 Å². The van der Waals surface area contributed by atoms with Crippen molar-refractivity contribution in [1.82, 2.24) is 42.5 Å². The number of hydrogen-bond acceptors (Lipinski definition) is 12. The number of carbonyl (C=O) groups excluding carboxylic acids is 8. The molecule has 4 unspecified atom stereocenters. The van der Waals surface area contributed by atoms with E-state index in [2.05, 4.69) is 49.1 Å². The maximum absolute atomic E-state index is 13.3. The number of rotatable bonds is 34. The van der Waals surface area contributed by atoms with Gasteiger partial charge in [0.15, 0.2) is 0 Å². The fourth-order valence-corrected chi connectivity index (χ4v) is 5.04. The zero-order chi connectivity index (χ0) is 46.3. The van der Waals surface area contributed by atoms with Gasteiger partial charge < -0.3 is 61.5 Å². The molecule has 0 saturated carbocycles. The Morgan fingerprint density at radius 3 is 1.41 bits per heavy atom. The van der Waals surface area contributed by atoms with Crippen molar-refractivity contribution in [3.05, 3.63) is 12.2 Å². The van der Waals surface area contributed by atoms with Crippen LogP contribution in [0.1, 0.15) is 81.6 Å². The monoisotopic (exact) mass is 871 g/mol. The van der Waals surface area contributed by atoms with Crippen LogP contribution in [0.2, 0.25) is 0 Å². The summed E-state index contributed by atoms with van der Waals surface area (Å²) in [6, 6.07) is -3.98. The molecule has 8 amide bonds. The fourth-order valence-electron chi connectivity index (χ4n) is 5.04. The molecule has 0 aliphatic rings. The summed E-state index contributed by atoms with van der Waals surface area (Å²) >= 11 is 0. The van der Waals surface area contributed by atoms with Crippen molar-refractivity contribution < 1.29 is 57.3 Å². The molecule has 0 aromatic rings. The average molecular weight is 871 g/mol. The summed E-state index contributed by atoms with van der Waals surface area (Å²) in [5.74, 6) is -3.46. The Hall–Kier alpha value is -4.66. The van der Waals surface area contributed by atoms with E-state index in [1.165, 1.54) is 13.8 Å². The van der Waals surface area contributed by atoms with E-state index in [9.17, 15) is 38.4 Å². The summed E-state index contributed by atoms with van der Waals surface area (Å²) in [5.41, 5.74) is 0.391. The topological polar surface area (TPSA) is 270 Å². The highest BCUT2D eigenvalue weighted by Gasteiger charge is 2.29. The molecule has 0 spiro atoms. The summed E-state index contributed by atoms with van der Waals surface area (Å²) in [6.45, 7) is 21.1. The van der Waals surface area contributed by atoms with Crippen molar-refractivity contribution >= 4 is 47.3 Å². The molecule has 0 aliphatic carbocycles. The molecule has 0 radical (unpaired) electrons. The minimum absolute atomic E-state index is 0.0158. The molecule has 20 heteroatoms. The van der Waals surface area contributed by atoms with Gasteiger partial charge in [-0.1, -0.05) is 48.1 Å². The Kier molecular flexibility index (Phi) is 30.5. The van der Waals surface area contributed by atoms with E-state index in [4.69, 9.17) is 18.9 Å². The minimum atomic E-state index is -1.06. The smallest absolute Gasteiger partial charge is 0.246 e. The van der Waals surface area contributed by atoms with Crippen molar-refractivity contribution in [2.45, 2.75) is 106 Å². The van der Waals surface area contributed by atoms with Crippen LogP contribution in [0.5, 0.6) is 0 Å². The van der Waals surface area contributed by atoms with Gasteiger partial charge in [0, 0.05) is 37.7 Å². The normalized spacial score (nSPS) is 13.0. The lowest BCUT2D eigenvalue weighted by molar-refractivity contribution is -0.135. The van der Waals surface area contributed by atoms with Gasteiger partial charge in [-0.2, -0.15) is 0 Å². The number of carbonyl (C=O) groups is 8. The SMILES string of the molecule is C=C(C)C(=O)NCCOCCOCC(=O)NC(C)C(=O)NC(CC(C)C)C(=O)NC(C)C(=O)NC(CC(C)C)C(=O)NCCOCCOCC(=O)NCCCNC(=O)C(C)C. The molecular weight excluding hydrogens is 796 g/mol. The van der Waals surface area contributed by atoms with Gasteiger partial charge in [0.05, 0.1) is 39.6 Å². The summed E-state index contributed by atoms with van der Waals surface area (Å²) in [7, 11) is 0. The lowest BCUT2D eigenvalue weighted by Crippen LogP contribution is -2.57. The van der Waals surface area contributed by atoms with Crippen LogP contribution in [0.4, 0.5) is 0 Å². The van der Waals surface area contributed by atoms with Gasteiger partial charge in [0.25, 0.3) is 0 Å². The summed E-state index contributed by atoms with van der Waals surface area (Å²) < 4.78 is 21.4. The second kappa shape index (κ2) is 33.0. The zero-order valence-electron chi connectivity index (χ0n) is 37.8. The van der Waals surface area contributed by atoms with E-state index in [1.807, 2.05) is 27.7 Å². The van der Waals surface area contributed by atoms with E-state index in [0.29, 0.717) is 38.0 Å². The predicted octanol–water partition coefficient (Wildman–Crippen LogP) is -0.789. The first-order valence-corrected chi connectivity index (χ1v) is 21.0. The first-order valence-electron chi connectivity index (χ1n) is 21.0. The molecular formula is C41H74N8O12. The molecule has 0 heterocycles. The Morgan fingerprint density at radius 1 is 0.459 bits per heavy atom. The summed E-state index contributed by atoms with van der Waals surface area (Å²) in [6.07, 6.45) is 1.17. The standard InChI is InChI=1S/C41H74N8O12/c1-26(2)22-32(40(56)45-15-17-59-18-20-60-24-34(50)42-12-11-13-43-36(52)28(5)6)48-39(55)31(10)47-41(57)33(23-27(3)4)49-38(54)30(9)46-35(51)25-61-21-19-58-16-14-44-37(53)29(7)8/h26-28,30-33H,7,11-25H2,1-6,8-10H3,(H,42,50)(H,43,52)(H,44,53)(H,45,56)(H,46,51)(H,47,57)(H,48,55)(H,49,54). The van der Waals surface area contributed by atoms with Crippen LogP contribution >= 0.6 is 0 Å². The molecule has 0 aromatic carbocycles. The Labute approximate surface area is 361 Å². The van der Waals surface area contributed by atoms with Crippen LogP contribution in [0, 0.1) is 17.8 Å². The molecule has 350 valence electrons. The van der Waals surface area contributed by atoms with E-state index in [0.717, 1.165) is 0 Å². The lowest BCUT2D eigenvalue weighted by atomic mass is 10.0. The highest BCUT2D eigenvalue weighted by Crippen LogP contribution is 2.08. The molecule has 0 rings (SSSR count). The lowest BCUT2D eigenvalue weighted by Gasteiger charge is -2.25. The Balaban J connectivity index is 4.70. The van der Waals surface area contributed by atoms with Gasteiger partial charge in [-0.3, -0.25) is 38.4 Å². The number of hydrogen-bond donors (Lipinski definition) is 8. The van der Waals surface area contributed by atoms with Crippen molar-refractivity contribution in [2.75, 3.05) is 79.0 Å². The van der Waals surface area contributed by atoms with Crippen molar-refractivity contribution in [3.63, 3.8) is 0 Å². The Bertz CT molecular complexity index is 1390. The largest absolute Gasteiger partial charge is 0.377 e. The third kappa shape index (κ3) is 29.3. The first kappa shape index (κ1) is 56.3. The van der Waals surface area contributed by atoms with Crippen LogP contribution in [0.25, 0.3) is 0 Å². The van der Waals surface area contributed by atoms with E-state index in [-0.39, 0.29) is 101 Å². The van der Waals surface area contributed by atoms with Gasteiger partial charge in [0.1, 0.15) is 37.4 Å². The molecule has 20 nitrogen and oxygen atoms in total. The van der Waals surface area contributed by atoms with E-state index < -0.39 is 53.7 Å².